The van der Waals surface area contributed by atoms with Crippen molar-refractivity contribution in [3.63, 3.8) is 0 Å². The van der Waals surface area contributed by atoms with E-state index in [-0.39, 0.29) is 68.4 Å². The van der Waals surface area contributed by atoms with E-state index in [2.05, 4.69) is 9.47 Å². The minimum atomic E-state index is -3.76. The zero-order chi connectivity index (χ0) is 26.8. The first-order valence-electron chi connectivity index (χ1n) is 12.0. The van der Waals surface area contributed by atoms with Gasteiger partial charge in [-0.2, -0.15) is 0 Å². The summed E-state index contributed by atoms with van der Waals surface area (Å²) in [5.41, 5.74) is 0.208. The first-order chi connectivity index (χ1) is 17.4. The first-order valence-corrected chi connectivity index (χ1v) is 12.0. The Kier molecular flexibility index (Phi) is 8.61. The summed E-state index contributed by atoms with van der Waals surface area (Å²) in [7, 11) is 0. The van der Waals surface area contributed by atoms with Crippen molar-refractivity contribution in [2.45, 2.75) is 62.9 Å². The molecule has 1 fully saturated rings. The Labute approximate surface area is 236 Å². The van der Waals surface area contributed by atoms with Crippen molar-refractivity contribution in [1.29, 1.82) is 0 Å². The van der Waals surface area contributed by atoms with Gasteiger partial charge in [-0.1, -0.05) is 19.9 Å². The third-order valence-electron chi connectivity index (χ3n) is 7.35. The second kappa shape index (κ2) is 10.8. The van der Waals surface area contributed by atoms with Gasteiger partial charge < -0.3 is 36.8 Å². The number of ketones is 1. The van der Waals surface area contributed by atoms with Gasteiger partial charge in [0.05, 0.1) is 36.8 Å². The number of nitrogens with zero attached hydrogens (tertiary/aromatic N) is 1. The summed E-state index contributed by atoms with van der Waals surface area (Å²) < 4.78 is 52.8. The van der Waals surface area contributed by atoms with Crippen molar-refractivity contribution < 1.29 is 61.3 Å². The molecular formula is C28H31F3NO6V-. The molecule has 0 amide bonds. The van der Waals surface area contributed by atoms with Gasteiger partial charge in [-0.25, -0.2) is 4.39 Å². The number of carbonyl (C=O) groups is 1. The summed E-state index contributed by atoms with van der Waals surface area (Å²) in [6, 6.07) is 8.95. The Bertz CT molecular complexity index is 1390. The molecule has 0 spiro atoms. The van der Waals surface area contributed by atoms with Crippen molar-refractivity contribution in [3.05, 3.63) is 66.5 Å². The number of aliphatic hydroxyl groups is 3. The number of halogens is 3. The normalized spacial score (nSPS) is 17.3. The van der Waals surface area contributed by atoms with E-state index in [1.807, 2.05) is 13.8 Å². The molecule has 211 valence electrons. The van der Waals surface area contributed by atoms with Gasteiger partial charge in [0, 0.05) is 41.5 Å². The number of Topliss-reactive ketones (excluding diaryl/α,β-unsaturated/α-hetero) is 1. The monoisotopic (exact) mass is 585 g/mol. The number of carbonyl (C=O) groups excluding carboxylic acids is 1. The molecule has 0 unspecified atom stereocenters. The van der Waals surface area contributed by atoms with Crippen LogP contribution in [-0.4, -0.2) is 51.3 Å². The quantitative estimate of drug-likeness (QED) is 0.328. The third kappa shape index (κ3) is 5.58. The second-order valence-electron chi connectivity index (χ2n) is 10.5. The van der Waals surface area contributed by atoms with Crippen molar-refractivity contribution in [2.75, 3.05) is 13.2 Å². The number of aliphatic hydroxyl groups excluding tert-OH is 3. The number of rotatable bonds is 9. The molecule has 2 heterocycles. The van der Waals surface area contributed by atoms with E-state index in [4.69, 9.17) is 0 Å². The predicted molar refractivity (Wildman–Crippen MR) is 134 cm³/mol. The zero-order valence-corrected chi connectivity index (χ0v) is 23.3. The molecule has 5 rings (SSSR count). The maximum atomic E-state index is 15.3. The van der Waals surface area contributed by atoms with Gasteiger partial charge in [0.2, 0.25) is 0 Å². The molecule has 1 aromatic heterocycles. The Morgan fingerprint density at radius 2 is 1.77 bits per heavy atom. The minimum absolute atomic E-state index is 0. The smallest absolute Gasteiger partial charge is 0.395 e. The van der Waals surface area contributed by atoms with Gasteiger partial charge in [0.25, 0.3) is 0 Å². The molecule has 1 aliphatic carbocycles. The number of ether oxygens (including phenoxy) is 2. The Hall–Kier alpha value is -2.50. The topological polar surface area (TPSA) is 101 Å². The average Bonchev–Trinajstić information content (AvgIpc) is 3.50. The van der Waals surface area contributed by atoms with Crippen LogP contribution in [0.4, 0.5) is 13.2 Å². The van der Waals surface area contributed by atoms with Crippen LogP contribution in [0.25, 0.3) is 10.9 Å². The minimum Gasteiger partial charge on any atom is -0.395 e. The van der Waals surface area contributed by atoms with Crippen LogP contribution in [0.15, 0.2) is 36.4 Å². The molecule has 2 aliphatic rings. The molecule has 2 aromatic carbocycles. The standard InChI is InChI=1S/C27H28F3NO6.CH3.V/c1-25(2,14-33)23-8-16-7-15(19(28)11-20(16)31(23)12-18(34)13-32)9-24(35)26(5-6-26)17-3-4-21-22(10-17)37-27(29,30)36-21;;/h3-4,7-8,10-11,18,32-34H,5-6,9,12-14H2,1-2H3;1H3;/q;-1;/t18-;;/m1../s1. The summed E-state index contributed by atoms with van der Waals surface area (Å²) in [6.45, 7) is 2.94. The average molecular weight is 585 g/mol. The number of fused-ring (bicyclic) bond motifs is 2. The van der Waals surface area contributed by atoms with Crippen molar-refractivity contribution in [2.24, 2.45) is 0 Å². The van der Waals surface area contributed by atoms with E-state index in [1.54, 1.807) is 22.8 Å². The number of benzene rings is 2. The van der Waals surface area contributed by atoms with Crippen LogP contribution in [0.1, 0.15) is 43.5 Å². The molecule has 3 aromatic rings. The fraction of sp³-hybridized carbons (Fsp3) is 0.429. The summed E-state index contributed by atoms with van der Waals surface area (Å²) >= 11 is 0. The number of alkyl halides is 2. The van der Waals surface area contributed by atoms with Gasteiger partial charge in [-0.05, 0) is 54.3 Å². The van der Waals surface area contributed by atoms with E-state index < -0.39 is 35.7 Å². The molecule has 1 saturated carbocycles. The van der Waals surface area contributed by atoms with Crippen molar-refractivity contribution in [1.82, 2.24) is 4.57 Å². The zero-order valence-electron chi connectivity index (χ0n) is 21.9. The van der Waals surface area contributed by atoms with Crippen LogP contribution in [0, 0.1) is 13.2 Å². The van der Waals surface area contributed by atoms with Crippen LogP contribution in [0.3, 0.4) is 0 Å². The number of hydrogen-bond acceptors (Lipinski definition) is 6. The largest absolute Gasteiger partial charge is 0.586 e. The van der Waals surface area contributed by atoms with Crippen LogP contribution in [0.2, 0.25) is 0 Å². The second-order valence-corrected chi connectivity index (χ2v) is 10.5. The fourth-order valence-electron chi connectivity index (χ4n) is 5.02. The Morgan fingerprint density at radius 3 is 2.38 bits per heavy atom. The van der Waals surface area contributed by atoms with Gasteiger partial charge in [0.15, 0.2) is 11.5 Å². The molecule has 3 N–H and O–H groups in total. The molecule has 1 radical (unpaired) electrons. The van der Waals surface area contributed by atoms with Crippen LogP contribution < -0.4 is 9.47 Å². The predicted octanol–water partition coefficient (Wildman–Crippen LogP) is 4.02. The third-order valence-corrected chi connectivity index (χ3v) is 7.35. The van der Waals surface area contributed by atoms with Gasteiger partial charge in [-0.3, -0.25) is 4.79 Å². The maximum Gasteiger partial charge on any atom is 0.586 e. The molecule has 1 aliphatic heterocycles. The molecule has 39 heavy (non-hydrogen) atoms. The van der Waals surface area contributed by atoms with Crippen LogP contribution in [-0.2, 0) is 47.1 Å². The van der Waals surface area contributed by atoms with E-state index >= 15 is 4.39 Å². The van der Waals surface area contributed by atoms with Gasteiger partial charge in [-0.15, -0.1) is 8.78 Å². The molecule has 0 bridgehead atoms. The maximum absolute atomic E-state index is 15.3. The van der Waals surface area contributed by atoms with E-state index in [0.29, 0.717) is 35.0 Å². The van der Waals surface area contributed by atoms with E-state index in [1.165, 1.54) is 18.2 Å². The number of aromatic nitrogens is 1. The molecule has 11 heteroatoms. The van der Waals surface area contributed by atoms with E-state index in [9.17, 15) is 28.9 Å². The van der Waals surface area contributed by atoms with Gasteiger partial charge >= 0.3 is 6.29 Å². The summed E-state index contributed by atoms with van der Waals surface area (Å²) in [5, 5.41) is 29.9. The fourth-order valence-corrected chi connectivity index (χ4v) is 5.02. The SMILES string of the molecule is CC(C)(CO)c1cc2cc(CC(=O)C3(c4ccc5c(c4)OC(F)(F)O5)CC3)c(F)cc2n1C[C@@H](O)CO.[CH3-].[V]. The van der Waals surface area contributed by atoms with Crippen molar-refractivity contribution >= 4 is 16.7 Å². The Balaban J connectivity index is 0.00000210. The number of hydrogen-bond donors (Lipinski definition) is 3. The molecule has 1 atom stereocenters. The summed E-state index contributed by atoms with van der Waals surface area (Å²) in [5.74, 6) is -1.08. The van der Waals surface area contributed by atoms with Crippen molar-refractivity contribution in [3.8, 4) is 11.5 Å². The summed E-state index contributed by atoms with van der Waals surface area (Å²) in [6.07, 6.45) is -4.01. The first kappa shape index (κ1) is 31.0. The van der Waals surface area contributed by atoms with Crippen LogP contribution in [0.5, 0.6) is 11.5 Å². The van der Waals surface area contributed by atoms with Crippen LogP contribution >= 0.6 is 0 Å². The summed E-state index contributed by atoms with van der Waals surface area (Å²) in [4.78, 5) is 13.4. The van der Waals surface area contributed by atoms with E-state index in [0.717, 1.165) is 0 Å². The molecule has 7 nitrogen and oxygen atoms in total. The molecular weight excluding hydrogens is 554 g/mol. The van der Waals surface area contributed by atoms with Gasteiger partial charge in [0.1, 0.15) is 11.6 Å². The Morgan fingerprint density at radius 1 is 1.10 bits per heavy atom. The molecule has 0 saturated heterocycles.